The molecule has 2 aromatic rings. The van der Waals surface area contributed by atoms with Crippen molar-refractivity contribution in [3.63, 3.8) is 0 Å². The maximum atomic E-state index is 5.85. The first-order chi connectivity index (χ1) is 9.65. The number of ether oxygens (including phenoxy) is 1. The van der Waals surface area contributed by atoms with Crippen LogP contribution in [0.5, 0.6) is 5.75 Å². The minimum Gasteiger partial charge on any atom is -0.489 e. The van der Waals surface area contributed by atoms with E-state index in [1.54, 1.807) is 0 Å². The molecule has 0 bridgehead atoms. The molecule has 0 heterocycles. The second-order valence-corrected chi connectivity index (χ2v) is 5.41. The predicted molar refractivity (Wildman–Crippen MR) is 83.9 cm³/mol. The highest BCUT2D eigenvalue weighted by Crippen LogP contribution is 2.18. The van der Waals surface area contributed by atoms with Crippen molar-refractivity contribution in [1.82, 2.24) is 5.32 Å². The van der Waals surface area contributed by atoms with Crippen molar-refractivity contribution in [2.75, 3.05) is 0 Å². The molecular weight excluding hydrogens is 246 g/mol. The van der Waals surface area contributed by atoms with Gasteiger partial charge in [0.05, 0.1) is 0 Å². The van der Waals surface area contributed by atoms with Crippen molar-refractivity contribution >= 4 is 0 Å². The van der Waals surface area contributed by atoms with Crippen LogP contribution in [0, 0.1) is 6.92 Å². The topological polar surface area (TPSA) is 21.3 Å². The summed E-state index contributed by atoms with van der Waals surface area (Å²) >= 11 is 0. The van der Waals surface area contributed by atoms with Crippen LogP contribution in [0.15, 0.2) is 48.5 Å². The molecule has 0 aromatic heterocycles. The third-order valence-corrected chi connectivity index (χ3v) is 3.23. The van der Waals surface area contributed by atoms with E-state index in [1.165, 1.54) is 16.7 Å². The van der Waals surface area contributed by atoms with Gasteiger partial charge in [-0.1, -0.05) is 56.3 Å². The van der Waals surface area contributed by atoms with Gasteiger partial charge in [0.25, 0.3) is 0 Å². The minimum absolute atomic E-state index is 0.513. The molecule has 0 aliphatic carbocycles. The molecule has 0 unspecified atom stereocenters. The fraction of sp³-hybridized carbons (Fsp3) is 0.333. The van der Waals surface area contributed by atoms with Gasteiger partial charge >= 0.3 is 0 Å². The van der Waals surface area contributed by atoms with E-state index in [0.29, 0.717) is 12.6 Å². The highest BCUT2D eigenvalue weighted by molar-refractivity contribution is 5.32. The zero-order valence-electron chi connectivity index (χ0n) is 12.5. The van der Waals surface area contributed by atoms with E-state index in [0.717, 1.165) is 12.3 Å². The first-order valence-corrected chi connectivity index (χ1v) is 7.15. The van der Waals surface area contributed by atoms with Gasteiger partial charge in [0.1, 0.15) is 12.4 Å². The van der Waals surface area contributed by atoms with E-state index in [1.807, 2.05) is 18.2 Å². The van der Waals surface area contributed by atoms with Gasteiger partial charge in [0, 0.05) is 12.6 Å². The quantitative estimate of drug-likeness (QED) is 0.853. The van der Waals surface area contributed by atoms with Crippen molar-refractivity contribution in [1.29, 1.82) is 0 Å². The highest BCUT2D eigenvalue weighted by atomic mass is 16.5. The lowest BCUT2D eigenvalue weighted by Gasteiger charge is -2.10. The first-order valence-electron chi connectivity index (χ1n) is 7.15. The van der Waals surface area contributed by atoms with Gasteiger partial charge in [-0.3, -0.25) is 0 Å². The van der Waals surface area contributed by atoms with E-state index >= 15 is 0 Å². The summed E-state index contributed by atoms with van der Waals surface area (Å²) in [5, 5.41) is 3.42. The maximum absolute atomic E-state index is 5.85. The summed E-state index contributed by atoms with van der Waals surface area (Å²) in [6.45, 7) is 7.91. The van der Waals surface area contributed by atoms with Gasteiger partial charge < -0.3 is 10.1 Å². The number of para-hydroxylation sites is 1. The highest BCUT2D eigenvalue weighted by Gasteiger charge is 2.00. The summed E-state index contributed by atoms with van der Waals surface area (Å²) in [4.78, 5) is 0. The van der Waals surface area contributed by atoms with Crippen LogP contribution in [0.3, 0.4) is 0 Å². The molecule has 2 heteroatoms. The molecule has 2 nitrogen and oxygen atoms in total. The van der Waals surface area contributed by atoms with Crippen LogP contribution < -0.4 is 10.1 Å². The normalized spacial score (nSPS) is 10.8. The fourth-order valence-electron chi connectivity index (χ4n) is 1.95. The van der Waals surface area contributed by atoms with Crippen molar-refractivity contribution < 1.29 is 4.74 Å². The Morgan fingerprint density at radius 2 is 1.60 bits per heavy atom. The van der Waals surface area contributed by atoms with Crippen LogP contribution in [-0.2, 0) is 13.2 Å². The summed E-state index contributed by atoms with van der Waals surface area (Å²) in [6.07, 6.45) is 0. The Morgan fingerprint density at radius 1 is 0.950 bits per heavy atom. The second kappa shape index (κ2) is 7.11. The third-order valence-electron chi connectivity index (χ3n) is 3.23. The molecule has 0 fully saturated rings. The van der Waals surface area contributed by atoms with E-state index < -0.39 is 0 Å². The summed E-state index contributed by atoms with van der Waals surface area (Å²) in [6, 6.07) is 17.2. The average molecular weight is 269 g/mol. The van der Waals surface area contributed by atoms with Crippen LogP contribution >= 0.6 is 0 Å². The molecule has 1 N–H and O–H groups in total. The molecule has 106 valence electrons. The molecule has 0 aliphatic heterocycles. The first kappa shape index (κ1) is 14.6. The largest absolute Gasteiger partial charge is 0.489 e. The average Bonchev–Trinajstić information content (AvgIpc) is 2.45. The lowest BCUT2D eigenvalue weighted by atomic mass is 10.1. The Balaban J connectivity index is 1.89. The molecule has 0 radical (unpaired) electrons. The molecular formula is C18H23NO. The predicted octanol–water partition coefficient (Wildman–Crippen LogP) is 4.07. The summed E-state index contributed by atoms with van der Waals surface area (Å²) < 4.78 is 5.85. The molecule has 20 heavy (non-hydrogen) atoms. The Hall–Kier alpha value is -1.80. The lowest BCUT2D eigenvalue weighted by Crippen LogP contribution is -2.21. The fourth-order valence-corrected chi connectivity index (χ4v) is 1.95. The molecule has 0 spiro atoms. The number of hydrogen-bond acceptors (Lipinski definition) is 2. The minimum atomic E-state index is 0.513. The van der Waals surface area contributed by atoms with Gasteiger partial charge in [-0.2, -0.15) is 0 Å². The summed E-state index contributed by atoms with van der Waals surface area (Å²) in [5.74, 6) is 0.957. The van der Waals surface area contributed by atoms with Gasteiger partial charge in [-0.15, -0.1) is 0 Å². The Morgan fingerprint density at radius 3 is 2.25 bits per heavy atom. The van der Waals surface area contributed by atoms with Gasteiger partial charge in [0.15, 0.2) is 0 Å². The number of hydrogen-bond donors (Lipinski definition) is 1. The number of benzene rings is 2. The number of rotatable bonds is 6. The Labute approximate surface area is 121 Å². The third kappa shape index (κ3) is 4.39. The van der Waals surface area contributed by atoms with E-state index in [-0.39, 0.29) is 0 Å². The molecule has 2 aromatic carbocycles. The second-order valence-electron chi connectivity index (χ2n) is 5.41. The molecule has 0 atom stereocenters. The molecule has 0 saturated carbocycles. The van der Waals surface area contributed by atoms with Gasteiger partial charge in [0.2, 0.25) is 0 Å². The SMILES string of the molecule is Cc1ccccc1OCc1ccc(CNC(C)C)cc1. The molecule has 2 rings (SSSR count). The van der Waals surface area contributed by atoms with Crippen molar-refractivity contribution in [3.8, 4) is 5.75 Å². The van der Waals surface area contributed by atoms with Crippen molar-refractivity contribution in [2.45, 2.75) is 40.0 Å². The van der Waals surface area contributed by atoms with Crippen molar-refractivity contribution in [2.24, 2.45) is 0 Å². The Kier molecular flexibility index (Phi) is 5.19. The summed E-state index contributed by atoms with van der Waals surface area (Å²) in [5.41, 5.74) is 3.67. The number of aryl methyl sites for hydroxylation is 1. The standard InChI is InChI=1S/C18H23NO/c1-14(2)19-12-16-8-10-17(11-9-16)13-20-18-7-5-4-6-15(18)3/h4-11,14,19H,12-13H2,1-3H3. The maximum Gasteiger partial charge on any atom is 0.122 e. The lowest BCUT2D eigenvalue weighted by molar-refractivity contribution is 0.304. The smallest absolute Gasteiger partial charge is 0.122 e. The van der Waals surface area contributed by atoms with Crippen LogP contribution in [0.4, 0.5) is 0 Å². The van der Waals surface area contributed by atoms with Crippen LogP contribution in [0.2, 0.25) is 0 Å². The van der Waals surface area contributed by atoms with Gasteiger partial charge in [-0.05, 0) is 29.7 Å². The molecule has 0 saturated heterocycles. The van der Waals surface area contributed by atoms with E-state index in [9.17, 15) is 0 Å². The van der Waals surface area contributed by atoms with Crippen LogP contribution in [0.25, 0.3) is 0 Å². The van der Waals surface area contributed by atoms with Crippen LogP contribution in [-0.4, -0.2) is 6.04 Å². The van der Waals surface area contributed by atoms with Crippen LogP contribution in [0.1, 0.15) is 30.5 Å². The number of nitrogens with one attached hydrogen (secondary N) is 1. The molecule has 0 amide bonds. The van der Waals surface area contributed by atoms with E-state index in [2.05, 4.69) is 56.4 Å². The zero-order valence-corrected chi connectivity index (χ0v) is 12.5. The Bertz CT molecular complexity index is 531. The van der Waals surface area contributed by atoms with E-state index in [4.69, 9.17) is 4.74 Å². The zero-order chi connectivity index (χ0) is 14.4. The molecule has 0 aliphatic rings. The van der Waals surface area contributed by atoms with Gasteiger partial charge in [-0.25, -0.2) is 0 Å². The summed E-state index contributed by atoms with van der Waals surface area (Å²) in [7, 11) is 0. The monoisotopic (exact) mass is 269 g/mol. The van der Waals surface area contributed by atoms with Crippen molar-refractivity contribution in [3.05, 3.63) is 65.2 Å².